The highest BCUT2D eigenvalue weighted by Gasteiger charge is 2.24. The van der Waals surface area contributed by atoms with Crippen LogP contribution in [0.5, 0.6) is 0 Å². The summed E-state index contributed by atoms with van der Waals surface area (Å²) in [6.07, 6.45) is 54.9. The highest BCUT2D eigenvalue weighted by atomic mass is 16.5. The monoisotopic (exact) mass is 830 g/mol. The number of ether oxygens (including phenoxy) is 1. The Morgan fingerprint density at radius 2 is 0.915 bits per heavy atom. The van der Waals surface area contributed by atoms with Gasteiger partial charge in [-0.3, -0.25) is 9.59 Å². The molecule has 0 radical (unpaired) electrons. The van der Waals surface area contributed by atoms with Gasteiger partial charge in [0.15, 0.2) is 0 Å². The van der Waals surface area contributed by atoms with Crippen LogP contribution in [0, 0.1) is 0 Å². The first kappa shape index (κ1) is 57.1. The van der Waals surface area contributed by atoms with E-state index < -0.39 is 18.2 Å². The summed E-state index contributed by atoms with van der Waals surface area (Å²) in [5, 5.41) is 23.7. The molecule has 0 rings (SSSR count). The third kappa shape index (κ3) is 42.6. The maximum atomic E-state index is 13.2. The van der Waals surface area contributed by atoms with Gasteiger partial charge in [-0.25, -0.2) is 0 Å². The van der Waals surface area contributed by atoms with Crippen LogP contribution >= 0.6 is 0 Å². The SMILES string of the molecule is CC/C=C/C/C=C/C/C=C/CCCCCCC(CC(=O)NC(CO)C(O)CCCCCCCCCCCC)OC(=O)CCCCCCCCCCCCCCCCCC. The Kier molecular flexibility index (Phi) is 45.6. The van der Waals surface area contributed by atoms with Gasteiger partial charge in [-0.2, -0.15) is 0 Å². The summed E-state index contributed by atoms with van der Waals surface area (Å²) in [6.45, 7) is 6.37. The molecule has 346 valence electrons. The molecule has 0 aliphatic rings. The fourth-order valence-electron chi connectivity index (χ4n) is 7.86. The molecule has 3 N–H and O–H groups in total. The Balaban J connectivity index is 4.57. The summed E-state index contributed by atoms with van der Waals surface area (Å²) < 4.78 is 5.93. The van der Waals surface area contributed by atoms with E-state index in [0.717, 1.165) is 89.9 Å². The average Bonchev–Trinajstić information content (AvgIpc) is 3.23. The third-order valence-corrected chi connectivity index (χ3v) is 11.7. The highest BCUT2D eigenvalue weighted by Crippen LogP contribution is 2.18. The fourth-order valence-corrected chi connectivity index (χ4v) is 7.86. The number of unbranched alkanes of at least 4 members (excludes halogenated alkanes) is 28. The fraction of sp³-hybridized carbons (Fsp3) is 0.849. The molecule has 0 bridgehead atoms. The molecule has 59 heavy (non-hydrogen) atoms. The maximum Gasteiger partial charge on any atom is 0.306 e. The van der Waals surface area contributed by atoms with Crippen molar-refractivity contribution in [1.82, 2.24) is 5.32 Å². The molecular formula is C53H99NO5. The molecule has 0 aromatic carbocycles. The number of carbonyl (C=O) groups excluding carboxylic acids is 2. The van der Waals surface area contributed by atoms with E-state index in [1.54, 1.807) is 0 Å². The lowest BCUT2D eigenvalue weighted by atomic mass is 10.0. The largest absolute Gasteiger partial charge is 0.462 e. The van der Waals surface area contributed by atoms with Gasteiger partial charge in [0.05, 0.1) is 25.2 Å². The van der Waals surface area contributed by atoms with E-state index in [1.165, 1.54) is 128 Å². The Labute approximate surface area is 366 Å². The van der Waals surface area contributed by atoms with Gasteiger partial charge in [0, 0.05) is 6.42 Å². The van der Waals surface area contributed by atoms with E-state index in [1.807, 2.05) is 0 Å². The second kappa shape index (κ2) is 47.1. The normalized spacial score (nSPS) is 13.5. The van der Waals surface area contributed by atoms with Gasteiger partial charge in [0.25, 0.3) is 0 Å². The highest BCUT2D eigenvalue weighted by molar-refractivity contribution is 5.77. The van der Waals surface area contributed by atoms with Gasteiger partial charge in [0.2, 0.25) is 5.91 Å². The van der Waals surface area contributed by atoms with Crippen molar-refractivity contribution in [2.45, 2.75) is 283 Å². The number of amides is 1. The zero-order valence-corrected chi connectivity index (χ0v) is 39.4. The molecule has 0 aliphatic carbocycles. The maximum absolute atomic E-state index is 13.2. The molecule has 3 atom stereocenters. The second-order valence-electron chi connectivity index (χ2n) is 17.5. The molecule has 6 nitrogen and oxygen atoms in total. The lowest BCUT2D eigenvalue weighted by Gasteiger charge is -2.24. The first-order valence-electron chi connectivity index (χ1n) is 25.7. The summed E-state index contributed by atoms with van der Waals surface area (Å²) in [6, 6.07) is -0.705. The molecule has 0 aromatic rings. The number of aliphatic hydroxyl groups is 2. The van der Waals surface area contributed by atoms with E-state index in [4.69, 9.17) is 4.74 Å². The lowest BCUT2D eigenvalue weighted by molar-refractivity contribution is -0.151. The van der Waals surface area contributed by atoms with Crippen LogP contribution in [-0.4, -0.2) is 46.9 Å². The van der Waals surface area contributed by atoms with Gasteiger partial charge >= 0.3 is 5.97 Å². The van der Waals surface area contributed by atoms with Gasteiger partial charge in [-0.05, 0) is 57.8 Å². The minimum atomic E-state index is -0.790. The molecular weight excluding hydrogens is 731 g/mol. The number of allylic oxidation sites excluding steroid dienone is 6. The number of hydrogen-bond acceptors (Lipinski definition) is 5. The molecule has 0 aromatic heterocycles. The quantitative estimate of drug-likeness (QED) is 0.0323. The van der Waals surface area contributed by atoms with Crippen molar-refractivity contribution in [2.24, 2.45) is 0 Å². The standard InChI is InChI=1S/C53H99NO5/c1-4-7-10-13-16-19-22-24-26-27-29-31-34-37-40-43-46-53(58)59-49(44-41-38-35-32-30-28-25-23-20-17-14-11-8-5-2)47-52(57)54-50(48-55)51(56)45-42-39-36-33-21-18-15-12-9-6-3/h8,11,17,20,25,28,49-51,55-56H,4-7,9-10,12-16,18-19,21-24,26-27,29-48H2,1-3H3,(H,54,57)/b11-8+,20-17+,28-25+. The van der Waals surface area contributed by atoms with Crippen LogP contribution < -0.4 is 5.32 Å². The topological polar surface area (TPSA) is 95.9 Å². The predicted molar refractivity (Wildman–Crippen MR) is 255 cm³/mol. The predicted octanol–water partition coefficient (Wildman–Crippen LogP) is 15.3. The van der Waals surface area contributed by atoms with E-state index in [9.17, 15) is 19.8 Å². The summed E-state index contributed by atoms with van der Waals surface area (Å²) in [7, 11) is 0. The molecule has 0 spiro atoms. The molecule has 0 fully saturated rings. The molecule has 0 aliphatic heterocycles. The van der Waals surface area contributed by atoms with Crippen LogP contribution in [0.1, 0.15) is 265 Å². The number of hydrogen-bond donors (Lipinski definition) is 3. The summed E-state index contributed by atoms with van der Waals surface area (Å²) in [5.74, 6) is -0.486. The van der Waals surface area contributed by atoms with Crippen LogP contribution in [0.4, 0.5) is 0 Å². The molecule has 0 heterocycles. The zero-order valence-electron chi connectivity index (χ0n) is 39.4. The molecule has 1 amide bonds. The molecule has 0 saturated carbocycles. The Morgan fingerprint density at radius 3 is 1.39 bits per heavy atom. The van der Waals surface area contributed by atoms with E-state index in [0.29, 0.717) is 19.3 Å². The minimum Gasteiger partial charge on any atom is -0.462 e. The van der Waals surface area contributed by atoms with Crippen LogP contribution in [-0.2, 0) is 14.3 Å². The Morgan fingerprint density at radius 1 is 0.508 bits per heavy atom. The number of rotatable bonds is 46. The van der Waals surface area contributed by atoms with Crippen LogP contribution in [0.3, 0.4) is 0 Å². The van der Waals surface area contributed by atoms with Crippen molar-refractivity contribution in [3.05, 3.63) is 36.5 Å². The minimum absolute atomic E-state index is 0.0661. The Hall–Kier alpha value is -1.92. The van der Waals surface area contributed by atoms with Crippen molar-refractivity contribution in [1.29, 1.82) is 0 Å². The summed E-state index contributed by atoms with van der Waals surface area (Å²) in [4.78, 5) is 26.1. The average molecular weight is 830 g/mol. The van der Waals surface area contributed by atoms with Gasteiger partial charge in [-0.15, -0.1) is 0 Å². The number of esters is 1. The smallest absolute Gasteiger partial charge is 0.306 e. The molecule has 6 heteroatoms. The first-order valence-corrected chi connectivity index (χ1v) is 25.7. The van der Waals surface area contributed by atoms with Gasteiger partial charge in [0.1, 0.15) is 6.10 Å². The number of nitrogens with one attached hydrogen (secondary N) is 1. The van der Waals surface area contributed by atoms with E-state index in [-0.39, 0.29) is 24.9 Å². The number of aliphatic hydroxyl groups excluding tert-OH is 2. The second-order valence-corrected chi connectivity index (χ2v) is 17.5. The van der Waals surface area contributed by atoms with Crippen molar-refractivity contribution < 1.29 is 24.5 Å². The first-order chi connectivity index (χ1) is 29.0. The zero-order chi connectivity index (χ0) is 43.1. The summed E-state index contributed by atoms with van der Waals surface area (Å²) in [5.41, 5.74) is 0. The van der Waals surface area contributed by atoms with E-state index >= 15 is 0 Å². The third-order valence-electron chi connectivity index (χ3n) is 11.7. The molecule has 0 saturated heterocycles. The molecule has 3 unspecified atom stereocenters. The van der Waals surface area contributed by atoms with Gasteiger partial charge in [-0.1, -0.05) is 231 Å². The van der Waals surface area contributed by atoms with Crippen molar-refractivity contribution in [2.75, 3.05) is 6.61 Å². The van der Waals surface area contributed by atoms with Crippen LogP contribution in [0.2, 0.25) is 0 Å². The van der Waals surface area contributed by atoms with Crippen molar-refractivity contribution in [3.8, 4) is 0 Å². The van der Waals surface area contributed by atoms with Crippen molar-refractivity contribution >= 4 is 11.9 Å². The summed E-state index contributed by atoms with van der Waals surface area (Å²) >= 11 is 0. The lowest BCUT2D eigenvalue weighted by Crippen LogP contribution is -2.46. The van der Waals surface area contributed by atoms with E-state index in [2.05, 4.69) is 62.5 Å². The van der Waals surface area contributed by atoms with Crippen molar-refractivity contribution in [3.63, 3.8) is 0 Å². The van der Waals surface area contributed by atoms with Crippen LogP contribution in [0.15, 0.2) is 36.5 Å². The van der Waals surface area contributed by atoms with Crippen LogP contribution in [0.25, 0.3) is 0 Å². The Bertz CT molecular complexity index is 977. The number of carbonyl (C=O) groups is 2. The van der Waals surface area contributed by atoms with Gasteiger partial charge < -0.3 is 20.3 Å².